The number of methoxy groups -OCH3 is 1. The first-order valence-electron chi connectivity index (χ1n) is 9.56. The maximum absolute atomic E-state index is 6.16. The monoisotopic (exact) mass is 376 g/mol. The van der Waals surface area contributed by atoms with E-state index in [1.165, 1.54) is 5.56 Å². The summed E-state index contributed by atoms with van der Waals surface area (Å²) in [7, 11) is 3.68. The number of nitrogens with zero attached hydrogens (tertiary/aromatic N) is 3. The van der Waals surface area contributed by atoms with Crippen LogP contribution in [0.25, 0.3) is 11.4 Å². The van der Waals surface area contributed by atoms with Crippen molar-refractivity contribution in [3.05, 3.63) is 53.9 Å². The van der Waals surface area contributed by atoms with E-state index in [1.807, 2.05) is 29.8 Å². The minimum absolute atomic E-state index is 0.0849. The lowest BCUT2D eigenvalue weighted by atomic mass is 9.65. The van der Waals surface area contributed by atoms with Crippen LogP contribution in [-0.4, -0.2) is 28.5 Å². The van der Waals surface area contributed by atoms with Gasteiger partial charge in [0.2, 0.25) is 0 Å². The van der Waals surface area contributed by atoms with E-state index in [4.69, 9.17) is 9.47 Å². The molecule has 0 saturated heterocycles. The minimum Gasteiger partial charge on any atom is -0.496 e. The topological polar surface area (TPSA) is 61.2 Å². The smallest absolute Gasteiger partial charge is 0.163 e. The molecule has 0 amide bonds. The Hall–Kier alpha value is -3.02. The molecule has 0 saturated carbocycles. The van der Waals surface area contributed by atoms with Crippen LogP contribution in [0.2, 0.25) is 0 Å². The van der Waals surface area contributed by atoms with Crippen LogP contribution >= 0.6 is 0 Å². The molecular formula is C22H24N4O2. The summed E-state index contributed by atoms with van der Waals surface area (Å²) >= 11 is 0. The molecule has 2 atom stereocenters. The highest BCUT2D eigenvalue weighted by Gasteiger charge is 2.47. The summed E-state index contributed by atoms with van der Waals surface area (Å²) < 4.78 is 13.8. The van der Waals surface area contributed by atoms with Crippen LogP contribution in [0.5, 0.6) is 11.5 Å². The Morgan fingerprint density at radius 1 is 1.25 bits per heavy atom. The molecular weight excluding hydrogens is 352 g/mol. The third-order valence-corrected chi connectivity index (χ3v) is 6.30. The standard InChI is InChI=1S/C22H24N4O2/c1-22(2)14-10-13(21-25-23-12-26(21)3)8-9-16(14)24-20-15(22)11-28-18-7-5-6-17(27-4)19(18)20/h5-10,12,15,20,24H,11H2,1-4H3. The van der Waals surface area contributed by atoms with Crippen molar-refractivity contribution in [3.8, 4) is 22.9 Å². The van der Waals surface area contributed by atoms with Crippen molar-refractivity contribution in [3.63, 3.8) is 0 Å². The Bertz CT molecular complexity index is 1040. The molecule has 0 radical (unpaired) electrons. The van der Waals surface area contributed by atoms with Gasteiger partial charge >= 0.3 is 0 Å². The average molecular weight is 376 g/mol. The van der Waals surface area contributed by atoms with Crippen LogP contribution < -0.4 is 14.8 Å². The fraction of sp³-hybridized carbons (Fsp3) is 0.364. The SMILES string of the molecule is COc1cccc2c1C1Nc3ccc(-c4nncn4C)cc3C(C)(C)C1CO2. The molecule has 2 aromatic carbocycles. The van der Waals surface area contributed by atoms with Crippen LogP contribution in [-0.2, 0) is 12.5 Å². The lowest BCUT2D eigenvalue weighted by Gasteiger charge is -2.48. The summed E-state index contributed by atoms with van der Waals surface area (Å²) in [6.07, 6.45) is 1.73. The molecule has 6 heteroatoms. The molecule has 0 spiro atoms. The minimum atomic E-state index is -0.0849. The summed E-state index contributed by atoms with van der Waals surface area (Å²) in [6, 6.07) is 12.6. The second kappa shape index (κ2) is 5.99. The van der Waals surface area contributed by atoms with Gasteiger partial charge in [0.05, 0.1) is 25.3 Å². The first-order valence-corrected chi connectivity index (χ1v) is 9.56. The van der Waals surface area contributed by atoms with Crippen molar-refractivity contribution in [2.45, 2.75) is 25.3 Å². The highest BCUT2D eigenvalue weighted by Crippen LogP contribution is 2.54. The van der Waals surface area contributed by atoms with E-state index < -0.39 is 0 Å². The van der Waals surface area contributed by atoms with Gasteiger partial charge < -0.3 is 19.4 Å². The summed E-state index contributed by atoms with van der Waals surface area (Å²) in [5.41, 5.74) is 4.52. The van der Waals surface area contributed by atoms with Crippen LogP contribution in [0.15, 0.2) is 42.7 Å². The Kier molecular flexibility index (Phi) is 3.66. The van der Waals surface area contributed by atoms with Crippen LogP contribution in [0.4, 0.5) is 5.69 Å². The first-order chi connectivity index (χ1) is 13.5. The first kappa shape index (κ1) is 17.1. The maximum Gasteiger partial charge on any atom is 0.163 e. The summed E-state index contributed by atoms with van der Waals surface area (Å²) in [5, 5.41) is 12.1. The second-order valence-electron chi connectivity index (χ2n) is 8.16. The summed E-state index contributed by atoms with van der Waals surface area (Å²) in [5.74, 6) is 2.92. The van der Waals surface area contributed by atoms with Crippen molar-refractivity contribution in [1.29, 1.82) is 0 Å². The lowest BCUT2D eigenvalue weighted by molar-refractivity contribution is 0.133. The molecule has 144 valence electrons. The molecule has 0 bridgehead atoms. The number of rotatable bonds is 2. The number of nitrogens with one attached hydrogen (secondary N) is 1. The lowest BCUT2D eigenvalue weighted by Crippen LogP contribution is -2.46. The Labute approximate surface area is 164 Å². The zero-order valence-corrected chi connectivity index (χ0v) is 16.6. The summed E-state index contributed by atoms with van der Waals surface area (Å²) in [6.45, 7) is 5.27. The molecule has 28 heavy (non-hydrogen) atoms. The van der Waals surface area contributed by atoms with Crippen molar-refractivity contribution < 1.29 is 9.47 Å². The number of anilines is 1. The largest absolute Gasteiger partial charge is 0.496 e. The number of benzene rings is 2. The van der Waals surface area contributed by atoms with Crippen molar-refractivity contribution >= 4 is 5.69 Å². The predicted molar refractivity (Wildman–Crippen MR) is 108 cm³/mol. The van der Waals surface area contributed by atoms with Gasteiger partial charge in [0.15, 0.2) is 5.82 Å². The molecule has 1 N–H and O–H groups in total. The van der Waals surface area contributed by atoms with Crippen LogP contribution in [0.1, 0.15) is 31.0 Å². The molecule has 2 aliphatic heterocycles. The Morgan fingerprint density at radius 2 is 2.11 bits per heavy atom. The normalized spacial score (nSPS) is 21.6. The highest BCUT2D eigenvalue weighted by atomic mass is 16.5. The van der Waals surface area contributed by atoms with E-state index in [-0.39, 0.29) is 17.4 Å². The van der Waals surface area contributed by atoms with E-state index >= 15 is 0 Å². The fourth-order valence-electron chi connectivity index (χ4n) is 4.66. The second-order valence-corrected chi connectivity index (χ2v) is 8.16. The number of hydrogen-bond donors (Lipinski definition) is 1. The molecule has 0 aliphatic carbocycles. The number of aryl methyl sites for hydroxylation is 1. The molecule has 5 rings (SSSR count). The number of hydrogen-bond acceptors (Lipinski definition) is 5. The molecule has 6 nitrogen and oxygen atoms in total. The zero-order chi connectivity index (χ0) is 19.5. The summed E-state index contributed by atoms with van der Waals surface area (Å²) in [4.78, 5) is 0. The van der Waals surface area contributed by atoms with Gasteiger partial charge in [-0.15, -0.1) is 10.2 Å². The van der Waals surface area contributed by atoms with E-state index in [1.54, 1.807) is 13.4 Å². The van der Waals surface area contributed by atoms with Gasteiger partial charge in [-0.3, -0.25) is 0 Å². The number of aromatic nitrogens is 3. The predicted octanol–water partition coefficient (Wildman–Crippen LogP) is 3.94. The molecule has 3 heterocycles. The van der Waals surface area contributed by atoms with E-state index in [0.29, 0.717) is 6.61 Å². The maximum atomic E-state index is 6.16. The van der Waals surface area contributed by atoms with Gasteiger partial charge in [-0.2, -0.15) is 0 Å². The van der Waals surface area contributed by atoms with Gasteiger partial charge in [0, 0.05) is 29.6 Å². The average Bonchev–Trinajstić information content (AvgIpc) is 3.13. The van der Waals surface area contributed by atoms with Gasteiger partial charge in [-0.25, -0.2) is 0 Å². The number of fused-ring (bicyclic) bond motifs is 4. The van der Waals surface area contributed by atoms with Crippen LogP contribution in [0.3, 0.4) is 0 Å². The van der Waals surface area contributed by atoms with E-state index in [0.717, 1.165) is 34.1 Å². The molecule has 2 unspecified atom stereocenters. The molecule has 0 fully saturated rings. The molecule has 3 aromatic rings. The number of ether oxygens (including phenoxy) is 2. The van der Waals surface area contributed by atoms with Crippen molar-refractivity contribution in [1.82, 2.24) is 14.8 Å². The van der Waals surface area contributed by atoms with Crippen LogP contribution in [0, 0.1) is 5.92 Å². The Morgan fingerprint density at radius 3 is 2.86 bits per heavy atom. The molecule has 2 aliphatic rings. The zero-order valence-electron chi connectivity index (χ0n) is 16.6. The highest BCUT2D eigenvalue weighted by molar-refractivity contribution is 5.69. The van der Waals surface area contributed by atoms with Crippen molar-refractivity contribution in [2.75, 3.05) is 19.0 Å². The van der Waals surface area contributed by atoms with E-state index in [2.05, 4.69) is 47.6 Å². The fourth-order valence-corrected chi connectivity index (χ4v) is 4.66. The molecule has 1 aromatic heterocycles. The van der Waals surface area contributed by atoms with Gasteiger partial charge in [0.25, 0.3) is 0 Å². The Balaban J connectivity index is 1.64. The third-order valence-electron chi connectivity index (χ3n) is 6.30. The van der Waals surface area contributed by atoms with E-state index in [9.17, 15) is 0 Å². The van der Waals surface area contributed by atoms with Gasteiger partial charge in [-0.1, -0.05) is 19.9 Å². The quantitative estimate of drug-likeness (QED) is 0.734. The third kappa shape index (κ3) is 2.33. The van der Waals surface area contributed by atoms with Gasteiger partial charge in [-0.05, 0) is 35.9 Å². The van der Waals surface area contributed by atoms with Gasteiger partial charge in [0.1, 0.15) is 17.8 Å². The van der Waals surface area contributed by atoms with Crippen molar-refractivity contribution in [2.24, 2.45) is 13.0 Å².